The zero-order valence-electron chi connectivity index (χ0n) is 42.9. The normalized spacial score (nSPS) is 13.4. The van der Waals surface area contributed by atoms with Crippen LogP contribution in [0, 0.1) is 0 Å². The number of anilines is 1. The summed E-state index contributed by atoms with van der Waals surface area (Å²) in [5, 5.41) is 3.10. The van der Waals surface area contributed by atoms with Gasteiger partial charge in [0.15, 0.2) is 5.78 Å². The number of aromatic nitrogens is 6. The number of amides is 1. The van der Waals surface area contributed by atoms with Crippen LogP contribution in [0.3, 0.4) is 0 Å². The van der Waals surface area contributed by atoms with Crippen molar-refractivity contribution in [2.45, 2.75) is 39.5 Å². The van der Waals surface area contributed by atoms with Crippen molar-refractivity contribution < 1.29 is 14.3 Å². The molecule has 5 aromatic heterocycles. The Bertz CT molecular complexity index is 4040. The maximum atomic E-state index is 13.6. The number of methoxy groups -OCH3 is 1. The number of nitrogens with one attached hydrogen (secondary N) is 5. The summed E-state index contributed by atoms with van der Waals surface area (Å²) in [5.41, 5.74) is 21.0. The van der Waals surface area contributed by atoms with Crippen LogP contribution in [-0.2, 0) is 9.59 Å². The first-order valence-electron chi connectivity index (χ1n) is 25.9. The summed E-state index contributed by atoms with van der Waals surface area (Å²) < 4.78 is 5.65. The molecule has 5 N–H and O–H groups in total. The van der Waals surface area contributed by atoms with Gasteiger partial charge in [0.05, 0.1) is 52.7 Å². The number of rotatable bonds is 14. The first-order valence-corrected chi connectivity index (χ1v) is 25.9. The van der Waals surface area contributed by atoms with Crippen molar-refractivity contribution in [1.82, 2.24) is 29.9 Å². The van der Waals surface area contributed by atoms with Crippen LogP contribution in [0.15, 0.2) is 186 Å². The number of benzene rings is 4. The van der Waals surface area contributed by atoms with Gasteiger partial charge >= 0.3 is 0 Å². The molecule has 3 aliphatic heterocycles. The topological polar surface area (TPSA) is 157 Å². The lowest BCUT2D eigenvalue weighted by Crippen LogP contribution is -2.12. The van der Waals surface area contributed by atoms with Crippen LogP contribution >= 0.6 is 0 Å². The van der Waals surface area contributed by atoms with E-state index in [1.165, 1.54) is 0 Å². The Hall–Kier alpha value is -9.87. The minimum absolute atomic E-state index is 0.0187. The number of ketones is 1. The highest BCUT2D eigenvalue weighted by atomic mass is 16.5. The first kappa shape index (κ1) is 48.1. The zero-order chi connectivity index (χ0) is 52.4. The molecule has 0 saturated carbocycles. The Morgan fingerprint density at radius 3 is 1.49 bits per heavy atom. The van der Waals surface area contributed by atoms with E-state index in [0.717, 1.165) is 112 Å². The van der Waals surface area contributed by atoms with Crippen molar-refractivity contribution in [3.63, 3.8) is 0 Å². The molecule has 376 valence electrons. The van der Waals surface area contributed by atoms with Crippen LogP contribution in [-0.4, -0.2) is 54.4 Å². The Labute approximate surface area is 445 Å². The van der Waals surface area contributed by atoms with Gasteiger partial charge in [-0.3, -0.25) is 14.6 Å². The number of ether oxygens (including phenoxy) is 1. The van der Waals surface area contributed by atoms with Gasteiger partial charge in [0.25, 0.3) is 0 Å². The quantitative estimate of drug-likeness (QED) is 0.0686. The minimum Gasteiger partial charge on any atom is -0.494 e. The molecule has 0 unspecified atom stereocenters. The monoisotopic (exact) mass is 1010 g/mol. The van der Waals surface area contributed by atoms with Gasteiger partial charge < -0.3 is 30.0 Å². The van der Waals surface area contributed by atoms with Crippen LogP contribution in [0.4, 0.5) is 5.69 Å². The molecule has 11 nitrogen and oxygen atoms in total. The molecule has 0 saturated heterocycles. The fourth-order valence-corrected chi connectivity index (χ4v) is 10.7. The fourth-order valence-electron chi connectivity index (χ4n) is 10.7. The molecule has 0 radical (unpaired) electrons. The summed E-state index contributed by atoms with van der Waals surface area (Å²) in [5.74, 6) is 0.587. The molecule has 8 bridgehead atoms. The largest absolute Gasteiger partial charge is 0.494 e. The van der Waals surface area contributed by atoms with E-state index in [2.05, 4.69) is 147 Å². The predicted octanol–water partition coefficient (Wildman–Crippen LogP) is 15.6. The van der Waals surface area contributed by atoms with Crippen molar-refractivity contribution in [3.05, 3.63) is 209 Å². The van der Waals surface area contributed by atoms with E-state index in [0.29, 0.717) is 47.7 Å². The first-order chi connectivity index (χ1) is 37.8. The number of hydrogen-bond donors (Lipinski definition) is 5. The van der Waals surface area contributed by atoms with Crippen molar-refractivity contribution >= 4 is 75.5 Å². The number of hydrogen-bond acceptors (Lipinski definition) is 6. The molecule has 8 heterocycles. The van der Waals surface area contributed by atoms with Gasteiger partial charge in [0, 0.05) is 86.4 Å². The molecular weight excluding hydrogens is 953 g/mol. The lowest BCUT2D eigenvalue weighted by Gasteiger charge is -2.09. The zero-order valence-corrected chi connectivity index (χ0v) is 42.9. The highest BCUT2D eigenvalue weighted by molar-refractivity contribution is 6.24. The molecule has 1 amide bonds. The molecule has 77 heavy (non-hydrogen) atoms. The summed E-state index contributed by atoms with van der Waals surface area (Å²) in [6.45, 7) is 3.80. The Kier molecular flexibility index (Phi) is 13.0. The molecule has 3 aliphatic rings. The second-order valence-electron chi connectivity index (χ2n) is 19.3. The number of Topliss-reactive ketones (excluding diaryl/α,β-unsaturated/α-hetero) is 1. The Balaban J connectivity index is 0.837. The van der Waals surface area contributed by atoms with E-state index < -0.39 is 0 Å². The van der Waals surface area contributed by atoms with E-state index in [1.807, 2.05) is 86.8 Å². The SMILES string of the molecule is COc1cc(-c2ccc[nH]2)[nH]c1/C=C1\N=C(C)C(C(=O)CCCCC(=O)Nc2ccc(-c3c4nc(c(-c5ccccc5)c5ccc([nH]5)c(-c5ccccc5)c5nc(c(-c6ccccc6)c6ccc3[nH]6)C=C5)C=C4)cc2)=C1C. The highest BCUT2D eigenvalue weighted by Crippen LogP contribution is 2.39. The number of unbranched alkanes of at least 4 members (excludes halogenated alkanes) is 1. The molecule has 0 aliphatic carbocycles. The highest BCUT2D eigenvalue weighted by Gasteiger charge is 2.25. The molecule has 0 spiro atoms. The summed E-state index contributed by atoms with van der Waals surface area (Å²) in [6.07, 6.45) is 13.9. The van der Waals surface area contributed by atoms with Crippen molar-refractivity contribution in [2.75, 3.05) is 12.4 Å². The third-order valence-electron chi connectivity index (χ3n) is 14.3. The van der Waals surface area contributed by atoms with Crippen LogP contribution in [0.25, 0.3) is 108 Å². The number of carbonyl (C=O) groups excluding carboxylic acids is 2. The molecule has 9 aromatic rings. The van der Waals surface area contributed by atoms with Gasteiger partial charge in [0.1, 0.15) is 5.75 Å². The Morgan fingerprint density at radius 1 is 0.545 bits per heavy atom. The van der Waals surface area contributed by atoms with E-state index in [-0.39, 0.29) is 18.1 Å². The number of aliphatic imine (C=N–C) groups is 1. The second kappa shape index (κ2) is 20.8. The van der Waals surface area contributed by atoms with Crippen LogP contribution in [0.5, 0.6) is 5.75 Å². The average molecular weight is 1010 g/mol. The van der Waals surface area contributed by atoms with Crippen molar-refractivity contribution in [3.8, 4) is 61.6 Å². The second-order valence-corrected chi connectivity index (χ2v) is 19.3. The van der Waals surface area contributed by atoms with Crippen LogP contribution in [0.1, 0.15) is 68.0 Å². The summed E-state index contributed by atoms with van der Waals surface area (Å²) in [7, 11) is 1.63. The lowest BCUT2D eigenvalue weighted by atomic mass is 9.98. The minimum atomic E-state index is -0.116. The molecule has 0 fully saturated rings. The molecule has 12 rings (SSSR count). The molecule has 0 atom stereocenters. The maximum absolute atomic E-state index is 13.6. The standard InChI is InChI=1S/C66H54N8O3/c1-40-56(38-58-60(77-3)39-57(74-58)47-22-15-37-67-47)68-41(2)62(40)59(75)23-13-14-24-61(76)69-46-27-25-45(26-28-46)66-54-35-33-52(72-54)64(43-18-9-5-10-19-43)50-31-29-48(70-50)63(42-16-7-4-8-17-42)49-30-32-51(71-49)65(44-20-11-6-12-21-44)53-34-36-55(66)73-53/h4-12,15-22,25-39,67,70,73-74H,13-14,23-24H2,1-3H3,(H,69,76)/b56-38-,63-48?,63-49?,64-50?,64-52?,65-51?,65-53?,66-54?,66-55?. The fraction of sp³-hybridized carbons (Fsp3) is 0.106. The molecule has 4 aromatic carbocycles. The average Bonchev–Trinajstić information content (AvgIpc) is 4.40. The van der Waals surface area contributed by atoms with Gasteiger partial charge in [-0.1, -0.05) is 103 Å². The van der Waals surface area contributed by atoms with Gasteiger partial charge in [-0.2, -0.15) is 0 Å². The van der Waals surface area contributed by atoms with E-state index >= 15 is 0 Å². The molecular formula is C66H54N8O3. The van der Waals surface area contributed by atoms with Gasteiger partial charge in [-0.05, 0) is 133 Å². The third kappa shape index (κ3) is 9.62. The summed E-state index contributed by atoms with van der Waals surface area (Å²) in [6, 6.07) is 53.4. The van der Waals surface area contributed by atoms with Crippen LogP contribution in [0.2, 0.25) is 0 Å². The van der Waals surface area contributed by atoms with Crippen LogP contribution < -0.4 is 10.1 Å². The third-order valence-corrected chi connectivity index (χ3v) is 14.3. The van der Waals surface area contributed by atoms with E-state index in [9.17, 15) is 9.59 Å². The number of aromatic amines is 4. The van der Waals surface area contributed by atoms with E-state index in [1.54, 1.807) is 7.11 Å². The van der Waals surface area contributed by atoms with Gasteiger partial charge in [0.2, 0.25) is 5.91 Å². The number of fused-ring (bicyclic) bond motifs is 8. The predicted molar refractivity (Wildman–Crippen MR) is 314 cm³/mol. The maximum Gasteiger partial charge on any atom is 0.224 e. The van der Waals surface area contributed by atoms with Gasteiger partial charge in [-0.15, -0.1) is 0 Å². The number of H-pyrrole nitrogens is 4. The number of carbonyl (C=O) groups is 2. The summed E-state index contributed by atoms with van der Waals surface area (Å²) in [4.78, 5) is 56.9. The van der Waals surface area contributed by atoms with Crippen molar-refractivity contribution in [2.24, 2.45) is 4.99 Å². The van der Waals surface area contributed by atoms with Crippen molar-refractivity contribution in [1.29, 1.82) is 0 Å². The smallest absolute Gasteiger partial charge is 0.224 e. The summed E-state index contributed by atoms with van der Waals surface area (Å²) >= 11 is 0. The van der Waals surface area contributed by atoms with E-state index in [4.69, 9.17) is 19.7 Å². The molecule has 11 heteroatoms. The lowest BCUT2D eigenvalue weighted by molar-refractivity contribution is -0.117. The number of nitrogens with zero attached hydrogens (tertiary/aromatic N) is 3. The van der Waals surface area contributed by atoms with Gasteiger partial charge in [-0.25, -0.2) is 9.97 Å². The number of allylic oxidation sites excluding steroid dienone is 2. The Morgan fingerprint density at radius 2 is 1.03 bits per heavy atom.